The van der Waals surface area contributed by atoms with Crippen LogP contribution < -0.4 is 5.32 Å². The molecule has 7 nitrogen and oxygen atoms in total. The van der Waals surface area contributed by atoms with Crippen LogP contribution in [0.1, 0.15) is 44.4 Å². The van der Waals surface area contributed by atoms with Gasteiger partial charge in [0.05, 0.1) is 17.4 Å². The van der Waals surface area contributed by atoms with E-state index in [1.165, 1.54) is 11.3 Å². The Hall–Kier alpha value is -2.93. The molecule has 0 fully saturated rings. The molecule has 0 bridgehead atoms. The van der Waals surface area contributed by atoms with Gasteiger partial charge in [-0.25, -0.2) is 4.98 Å². The zero-order valence-corrected chi connectivity index (χ0v) is 19.4. The summed E-state index contributed by atoms with van der Waals surface area (Å²) in [6.45, 7) is 5.37. The minimum atomic E-state index is -0.0997. The molecule has 0 aromatic carbocycles. The van der Waals surface area contributed by atoms with Crippen LogP contribution in [0.5, 0.6) is 0 Å². The van der Waals surface area contributed by atoms with Crippen LogP contribution in [0.15, 0.2) is 36.9 Å². The van der Waals surface area contributed by atoms with Crippen molar-refractivity contribution in [2.75, 3.05) is 5.32 Å². The number of fused-ring (bicyclic) bond motifs is 1. The Labute approximate surface area is 192 Å². The summed E-state index contributed by atoms with van der Waals surface area (Å²) in [5, 5.41) is 12.4. The zero-order chi connectivity index (χ0) is 22.5. The molecule has 0 radical (unpaired) electrons. The highest BCUT2D eigenvalue weighted by atomic mass is 35.5. The quantitative estimate of drug-likeness (QED) is 0.622. The van der Waals surface area contributed by atoms with Gasteiger partial charge in [-0.05, 0) is 42.7 Å². The van der Waals surface area contributed by atoms with Gasteiger partial charge in [0.1, 0.15) is 5.82 Å². The van der Waals surface area contributed by atoms with E-state index in [9.17, 15) is 4.79 Å². The average molecular weight is 451 g/mol. The van der Waals surface area contributed by atoms with Gasteiger partial charge >= 0.3 is 0 Å². The number of nitrogens with zero attached hydrogens (tertiary/aromatic N) is 5. The molecule has 3 aromatic heterocycles. The molecule has 5 rings (SSSR count). The summed E-state index contributed by atoms with van der Waals surface area (Å²) in [7, 11) is 1.90. The number of aryl methyl sites for hydroxylation is 1. The number of hydrogen-bond acceptors (Lipinski definition) is 4. The predicted octanol–water partition coefficient (Wildman–Crippen LogP) is 4.74. The van der Waals surface area contributed by atoms with E-state index in [1.807, 2.05) is 31.7 Å². The molecule has 32 heavy (non-hydrogen) atoms. The number of hydrogen-bond donors (Lipinski definition) is 1. The number of carbonyl (C=O) groups excluding carboxylic acids is 1. The fraction of sp³-hybridized carbons (Fsp3) is 0.417. The molecule has 0 saturated carbocycles. The van der Waals surface area contributed by atoms with Crippen LogP contribution >= 0.6 is 11.6 Å². The monoisotopic (exact) mass is 450 g/mol. The summed E-state index contributed by atoms with van der Waals surface area (Å²) in [5.41, 5.74) is 5.48. The fourth-order valence-electron chi connectivity index (χ4n) is 4.77. The third-order valence-electron chi connectivity index (χ3n) is 6.39. The summed E-state index contributed by atoms with van der Waals surface area (Å²) in [6, 6.07) is 1.87. The summed E-state index contributed by atoms with van der Waals surface area (Å²) >= 11 is 6.51. The zero-order valence-electron chi connectivity index (χ0n) is 18.6. The van der Waals surface area contributed by atoms with Crippen LogP contribution in [0.3, 0.4) is 0 Å². The van der Waals surface area contributed by atoms with Crippen molar-refractivity contribution in [3.05, 3.63) is 53.2 Å². The van der Waals surface area contributed by atoms with Crippen LogP contribution in [0.4, 0.5) is 5.82 Å². The van der Waals surface area contributed by atoms with Gasteiger partial charge in [0.15, 0.2) is 0 Å². The lowest BCUT2D eigenvalue weighted by molar-refractivity contribution is -0.120. The molecule has 0 unspecified atom stereocenters. The Morgan fingerprint density at radius 1 is 1.22 bits per heavy atom. The van der Waals surface area contributed by atoms with Gasteiger partial charge in [0.2, 0.25) is 5.91 Å². The Kier molecular flexibility index (Phi) is 5.16. The summed E-state index contributed by atoms with van der Waals surface area (Å²) in [5.74, 6) is 0.406. The average Bonchev–Trinajstić information content (AvgIpc) is 3.43. The van der Waals surface area contributed by atoms with Gasteiger partial charge in [0, 0.05) is 54.3 Å². The van der Waals surface area contributed by atoms with E-state index in [-0.39, 0.29) is 17.2 Å². The highest BCUT2D eigenvalue weighted by molar-refractivity contribution is 6.33. The molecular weight excluding hydrogens is 424 g/mol. The third-order valence-corrected chi connectivity index (χ3v) is 6.69. The number of pyridine rings is 1. The normalized spacial score (nSPS) is 19.5. The number of nitrogens with one attached hydrogen (secondary N) is 1. The van der Waals surface area contributed by atoms with Crippen molar-refractivity contribution < 1.29 is 4.79 Å². The van der Waals surface area contributed by atoms with Gasteiger partial charge in [-0.3, -0.25) is 14.2 Å². The van der Waals surface area contributed by atoms with Crippen LogP contribution in [0.2, 0.25) is 5.02 Å². The smallest absolute Gasteiger partial charge is 0.228 e. The number of anilines is 1. The number of halogens is 1. The van der Waals surface area contributed by atoms with Crippen molar-refractivity contribution in [1.82, 2.24) is 24.5 Å². The van der Waals surface area contributed by atoms with Crippen molar-refractivity contribution in [2.45, 2.75) is 46.1 Å². The standard InChI is InChI=1S/C24H27ClN6O/c1-24(2)9-21-19(11-28-31(21)14-24)18-8-22(26-12-20(18)25)29-23(32)16-6-4-5-15(7-16)17-10-27-30(3)13-17/h5,8,10-13,16H,4,6-7,9,14H2,1-3H3,(H,26,29,32)/t16-/m0/s1. The molecule has 1 N–H and O–H groups in total. The van der Waals surface area contributed by atoms with Gasteiger partial charge in [0.25, 0.3) is 0 Å². The molecule has 1 amide bonds. The van der Waals surface area contributed by atoms with E-state index in [4.69, 9.17) is 11.6 Å². The number of allylic oxidation sites excluding steroid dienone is 2. The van der Waals surface area contributed by atoms with Gasteiger partial charge in [-0.15, -0.1) is 0 Å². The highest BCUT2D eigenvalue weighted by Crippen LogP contribution is 2.39. The van der Waals surface area contributed by atoms with Gasteiger partial charge < -0.3 is 5.32 Å². The minimum absolute atomic E-state index is 0.0124. The maximum Gasteiger partial charge on any atom is 0.228 e. The first kappa shape index (κ1) is 20.9. The molecule has 1 aliphatic heterocycles. The number of rotatable bonds is 4. The Morgan fingerprint density at radius 2 is 2.06 bits per heavy atom. The third kappa shape index (κ3) is 3.97. The van der Waals surface area contributed by atoms with Crippen molar-refractivity contribution >= 4 is 28.9 Å². The van der Waals surface area contributed by atoms with E-state index < -0.39 is 0 Å². The largest absolute Gasteiger partial charge is 0.310 e. The van der Waals surface area contributed by atoms with Crippen LogP contribution in [-0.4, -0.2) is 30.5 Å². The van der Waals surface area contributed by atoms with Crippen molar-refractivity contribution in [3.63, 3.8) is 0 Å². The highest BCUT2D eigenvalue weighted by Gasteiger charge is 2.32. The molecule has 166 valence electrons. The summed E-state index contributed by atoms with van der Waals surface area (Å²) < 4.78 is 3.84. The first-order valence-electron chi connectivity index (χ1n) is 11.0. The molecular formula is C24H27ClN6O. The van der Waals surface area contributed by atoms with Crippen molar-refractivity contribution in [1.29, 1.82) is 0 Å². The molecule has 3 aromatic rings. The second kappa shape index (κ2) is 7.89. The second-order valence-electron chi connectivity index (χ2n) is 9.65. The summed E-state index contributed by atoms with van der Waals surface area (Å²) in [6.07, 6.45) is 12.9. The van der Waals surface area contributed by atoms with E-state index in [0.717, 1.165) is 42.5 Å². The lowest BCUT2D eigenvalue weighted by Crippen LogP contribution is -2.25. The van der Waals surface area contributed by atoms with Crippen molar-refractivity contribution in [3.8, 4) is 11.1 Å². The fourth-order valence-corrected chi connectivity index (χ4v) is 4.98. The minimum Gasteiger partial charge on any atom is -0.310 e. The van der Waals surface area contributed by atoms with E-state index in [0.29, 0.717) is 17.3 Å². The molecule has 2 aliphatic rings. The molecule has 1 aliphatic carbocycles. The molecule has 0 spiro atoms. The van der Waals surface area contributed by atoms with E-state index in [2.05, 4.69) is 45.1 Å². The SMILES string of the molecule is Cn1cc(C2=CCC[C@H](C(=O)Nc3cc(-c4cnn5c4CC(C)(C)C5)c(Cl)cn3)C2)cn1. The lowest BCUT2D eigenvalue weighted by Gasteiger charge is -2.21. The van der Waals surface area contributed by atoms with Gasteiger partial charge in [-0.2, -0.15) is 10.2 Å². The van der Waals surface area contributed by atoms with E-state index in [1.54, 1.807) is 10.9 Å². The molecule has 0 saturated heterocycles. The van der Waals surface area contributed by atoms with Crippen molar-refractivity contribution in [2.24, 2.45) is 18.4 Å². The first-order chi connectivity index (χ1) is 15.3. The Balaban J connectivity index is 1.34. The van der Waals surface area contributed by atoms with Gasteiger partial charge in [-0.1, -0.05) is 31.5 Å². The first-order valence-corrected chi connectivity index (χ1v) is 11.4. The Bertz CT molecular complexity index is 1220. The van der Waals surface area contributed by atoms with E-state index >= 15 is 0 Å². The van der Waals surface area contributed by atoms with Crippen LogP contribution in [-0.2, 0) is 24.8 Å². The molecule has 8 heteroatoms. The molecule has 4 heterocycles. The van der Waals surface area contributed by atoms with Crippen LogP contribution in [0, 0.1) is 11.3 Å². The topological polar surface area (TPSA) is 77.6 Å². The number of aromatic nitrogens is 5. The maximum atomic E-state index is 13.1. The Morgan fingerprint density at radius 3 is 2.84 bits per heavy atom. The van der Waals surface area contributed by atoms with Crippen LogP contribution in [0.25, 0.3) is 16.7 Å². The number of carbonyl (C=O) groups is 1. The molecule has 1 atom stereocenters. The number of amides is 1. The summed E-state index contributed by atoms with van der Waals surface area (Å²) in [4.78, 5) is 17.4. The lowest BCUT2D eigenvalue weighted by atomic mass is 9.86. The second-order valence-corrected chi connectivity index (χ2v) is 10.1. The maximum absolute atomic E-state index is 13.1. The predicted molar refractivity (Wildman–Crippen MR) is 125 cm³/mol.